The number of amides is 2. The molecule has 0 bridgehead atoms. The molecule has 0 spiro atoms. The van der Waals surface area contributed by atoms with Crippen LogP contribution >= 0.6 is 11.6 Å². The summed E-state index contributed by atoms with van der Waals surface area (Å²) in [5.74, 6) is 0.378. The monoisotopic (exact) mass is 394 g/mol. The van der Waals surface area contributed by atoms with Crippen molar-refractivity contribution in [2.24, 2.45) is 0 Å². The molecule has 2 amide bonds. The Morgan fingerprint density at radius 3 is 2.48 bits per heavy atom. The van der Waals surface area contributed by atoms with Crippen LogP contribution in [0, 0.1) is 0 Å². The average molecular weight is 395 g/mol. The lowest BCUT2D eigenvalue weighted by molar-refractivity contribution is -1.02. The summed E-state index contributed by atoms with van der Waals surface area (Å²) in [6, 6.07) is 8.08. The average Bonchev–Trinajstić information content (AvgIpc) is 3.07. The molecule has 6 nitrogen and oxygen atoms in total. The zero-order chi connectivity index (χ0) is 19.1. The first-order valence-electron chi connectivity index (χ1n) is 10.1. The Morgan fingerprint density at radius 2 is 1.81 bits per heavy atom. The van der Waals surface area contributed by atoms with Gasteiger partial charge in [-0.05, 0) is 25.0 Å². The molecule has 0 aromatic heterocycles. The third-order valence-electron chi connectivity index (χ3n) is 5.54. The zero-order valence-corrected chi connectivity index (χ0v) is 16.7. The van der Waals surface area contributed by atoms with E-state index in [2.05, 4.69) is 17.4 Å². The highest BCUT2D eigenvalue weighted by Crippen LogP contribution is 2.09. The number of quaternary nitrogens is 2. The number of nitrogens with one attached hydrogen (secondary N) is 3. The van der Waals surface area contributed by atoms with Crippen molar-refractivity contribution in [3.8, 4) is 0 Å². The van der Waals surface area contributed by atoms with E-state index in [1.54, 1.807) is 4.90 Å². The van der Waals surface area contributed by atoms with Gasteiger partial charge in [0.2, 0.25) is 5.91 Å². The summed E-state index contributed by atoms with van der Waals surface area (Å²) < 4.78 is 0. The van der Waals surface area contributed by atoms with Gasteiger partial charge in [-0.3, -0.25) is 9.59 Å². The van der Waals surface area contributed by atoms with Gasteiger partial charge in [-0.2, -0.15) is 0 Å². The molecule has 2 aliphatic rings. The second kappa shape index (κ2) is 10.1. The summed E-state index contributed by atoms with van der Waals surface area (Å²) in [6.45, 7) is 8.09. The number of carbonyl (C=O) groups excluding carboxylic acids is 2. The van der Waals surface area contributed by atoms with E-state index in [-0.39, 0.29) is 11.8 Å². The summed E-state index contributed by atoms with van der Waals surface area (Å²) in [7, 11) is 0. The molecule has 0 saturated carbocycles. The third kappa shape index (κ3) is 6.48. The molecular formula is C20H31ClN4O2+2. The SMILES string of the molecule is O=C(C[NH+]1CC[NH+](Cc2ccc(Cl)cc2)CC1)NCCCN1CCCC1=O. The van der Waals surface area contributed by atoms with Gasteiger partial charge in [0.05, 0.1) is 0 Å². The Balaban J connectivity index is 1.27. The fourth-order valence-corrected chi connectivity index (χ4v) is 4.06. The molecule has 148 valence electrons. The van der Waals surface area contributed by atoms with Gasteiger partial charge in [0, 0.05) is 36.6 Å². The first-order valence-corrected chi connectivity index (χ1v) is 10.4. The van der Waals surface area contributed by atoms with Crippen LogP contribution in [0.25, 0.3) is 0 Å². The highest BCUT2D eigenvalue weighted by molar-refractivity contribution is 6.30. The van der Waals surface area contributed by atoms with E-state index in [1.807, 2.05) is 17.0 Å². The van der Waals surface area contributed by atoms with Crippen molar-refractivity contribution < 1.29 is 19.4 Å². The standard InChI is InChI=1S/C20H29ClN4O2/c21-18-6-4-17(5-7-18)15-23-11-13-24(14-12-23)16-19(26)22-8-2-10-25-9-1-3-20(25)27/h4-7H,1-3,8-16H2,(H,22,26)/p+2. The Kier molecular flexibility index (Phi) is 7.50. The zero-order valence-electron chi connectivity index (χ0n) is 15.9. The van der Waals surface area contributed by atoms with Crippen molar-refractivity contribution in [1.29, 1.82) is 0 Å². The summed E-state index contributed by atoms with van der Waals surface area (Å²) in [4.78, 5) is 28.5. The topological polar surface area (TPSA) is 58.3 Å². The van der Waals surface area contributed by atoms with Gasteiger partial charge in [0.25, 0.3) is 5.91 Å². The van der Waals surface area contributed by atoms with Crippen LogP contribution in [0.3, 0.4) is 0 Å². The maximum atomic E-state index is 12.1. The lowest BCUT2D eigenvalue weighted by atomic mass is 10.2. The number of nitrogens with zero attached hydrogens (tertiary/aromatic N) is 1. The van der Waals surface area contributed by atoms with Crippen LogP contribution in [0.2, 0.25) is 5.02 Å². The first-order chi connectivity index (χ1) is 13.1. The highest BCUT2D eigenvalue weighted by atomic mass is 35.5. The Bertz CT molecular complexity index is 629. The van der Waals surface area contributed by atoms with Crippen LogP contribution in [0.4, 0.5) is 0 Å². The number of hydrogen-bond donors (Lipinski definition) is 3. The molecular weight excluding hydrogens is 364 g/mol. The van der Waals surface area contributed by atoms with E-state index in [0.717, 1.165) is 63.7 Å². The van der Waals surface area contributed by atoms with Crippen molar-refractivity contribution in [3.05, 3.63) is 34.9 Å². The Hall–Kier alpha value is -1.63. The molecule has 2 aliphatic heterocycles. The minimum absolute atomic E-state index is 0.124. The smallest absolute Gasteiger partial charge is 0.275 e. The Morgan fingerprint density at radius 1 is 1.11 bits per heavy atom. The molecule has 2 saturated heterocycles. The fourth-order valence-electron chi connectivity index (χ4n) is 3.93. The maximum absolute atomic E-state index is 12.1. The molecule has 0 atom stereocenters. The van der Waals surface area contributed by atoms with Crippen molar-refractivity contribution >= 4 is 23.4 Å². The molecule has 27 heavy (non-hydrogen) atoms. The normalized spacial score (nSPS) is 22.9. The molecule has 3 N–H and O–H groups in total. The number of hydrogen-bond acceptors (Lipinski definition) is 2. The second-order valence-electron chi connectivity index (χ2n) is 7.67. The highest BCUT2D eigenvalue weighted by Gasteiger charge is 2.25. The minimum atomic E-state index is 0.124. The van der Waals surface area contributed by atoms with Crippen molar-refractivity contribution in [3.63, 3.8) is 0 Å². The second-order valence-corrected chi connectivity index (χ2v) is 8.10. The summed E-state index contributed by atoms with van der Waals surface area (Å²) in [6.07, 6.45) is 2.49. The van der Waals surface area contributed by atoms with Crippen LogP contribution in [0.15, 0.2) is 24.3 Å². The molecule has 2 heterocycles. The van der Waals surface area contributed by atoms with E-state index in [4.69, 9.17) is 11.6 Å². The van der Waals surface area contributed by atoms with Gasteiger partial charge in [0.1, 0.15) is 32.7 Å². The molecule has 0 aliphatic carbocycles. The van der Waals surface area contributed by atoms with E-state index in [9.17, 15) is 9.59 Å². The first kappa shape index (κ1) is 20.1. The van der Waals surface area contributed by atoms with Gasteiger partial charge < -0.3 is 20.0 Å². The van der Waals surface area contributed by atoms with Crippen LogP contribution < -0.4 is 15.1 Å². The summed E-state index contributed by atoms with van der Waals surface area (Å²) >= 11 is 5.94. The predicted molar refractivity (Wildman–Crippen MR) is 105 cm³/mol. The van der Waals surface area contributed by atoms with Gasteiger partial charge in [0.15, 0.2) is 6.54 Å². The Labute approximate surface area is 166 Å². The van der Waals surface area contributed by atoms with E-state index < -0.39 is 0 Å². The molecule has 2 fully saturated rings. The summed E-state index contributed by atoms with van der Waals surface area (Å²) in [5.41, 5.74) is 1.31. The van der Waals surface area contributed by atoms with Crippen LogP contribution in [0.5, 0.6) is 0 Å². The number of halogens is 1. The largest absolute Gasteiger partial charge is 0.351 e. The summed E-state index contributed by atoms with van der Waals surface area (Å²) in [5, 5.41) is 3.79. The number of benzene rings is 1. The predicted octanol–water partition coefficient (Wildman–Crippen LogP) is -1.25. The molecule has 7 heteroatoms. The minimum Gasteiger partial charge on any atom is -0.351 e. The van der Waals surface area contributed by atoms with Crippen LogP contribution in [0.1, 0.15) is 24.8 Å². The number of rotatable bonds is 8. The number of piperazine rings is 1. The van der Waals surface area contributed by atoms with Gasteiger partial charge >= 0.3 is 0 Å². The van der Waals surface area contributed by atoms with Gasteiger partial charge in [-0.1, -0.05) is 23.7 Å². The van der Waals surface area contributed by atoms with Gasteiger partial charge in [-0.15, -0.1) is 0 Å². The van der Waals surface area contributed by atoms with E-state index in [1.165, 1.54) is 10.5 Å². The van der Waals surface area contributed by atoms with Crippen molar-refractivity contribution in [2.75, 3.05) is 52.4 Å². The number of carbonyl (C=O) groups is 2. The fraction of sp³-hybridized carbons (Fsp3) is 0.600. The van der Waals surface area contributed by atoms with Gasteiger partial charge in [-0.25, -0.2) is 0 Å². The maximum Gasteiger partial charge on any atom is 0.275 e. The number of likely N-dealkylation sites (tertiary alicyclic amines) is 1. The molecule has 0 unspecified atom stereocenters. The molecule has 3 rings (SSSR count). The van der Waals surface area contributed by atoms with Crippen molar-refractivity contribution in [1.82, 2.24) is 10.2 Å². The van der Waals surface area contributed by atoms with Crippen LogP contribution in [-0.4, -0.2) is 69.1 Å². The molecule has 1 aromatic carbocycles. The van der Waals surface area contributed by atoms with Crippen molar-refractivity contribution in [2.45, 2.75) is 25.8 Å². The molecule has 0 radical (unpaired) electrons. The van der Waals surface area contributed by atoms with Crippen LogP contribution in [-0.2, 0) is 16.1 Å². The van der Waals surface area contributed by atoms with E-state index in [0.29, 0.717) is 19.5 Å². The lowest BCUT2D eigenvalue weighted by Gasteiger charge is -2.29. The quantitative estimate of drug-likeness (QED) is 0.483. The van der Waals surface area contributed by atoms with E-state index >= 15 is 0 Å². The third-order valence-corrected chi connectivity index (χ3v) is 5.79. The molecule has 1 aromatic rings. The lowest BCUT2D eigenvalue weighted by Crippen LogP contribution is -3.28.